The van der Waals surface area contributed by atoms with Crippen molar-refractivity contribution in [2.24, 2.45) is 5.73 Å². The van der Waals surface area contributed by atoms with Gasteiger partial charge in [0.15, 0.2) is 0 Å². The topological polar surface area (TPSA) is 101 Å². The first-order valence-corrected chi connectivity index (χ1v) is 7.97. The minimum Gasteiger partial charge on any atom is -0.397 e. The third-order valence-electron chi connectivity index (χ3n) is 3.11. The highest BCUT2D eigenvalue weighted by molar-refractivity contribution is 7.19. The minimum atomic E-state index is -0.600. The van der Waals surface area contributed by atoms with Gasteiger partial charge in [0.2, 0.25) is 0 Å². The van der Waals surface area contributed by atoms with E-state index in [4.69, 9.17) is 11.5 Å². The number of nitrogens with two attached hydrogens (primary N) is 2. The fourth-order valence-corrected chi connectivity index (χ4v) is 3.05. The van der Waals surface area contributed by atoms with E-state index in [-0.39, 0.29) is 17.2 Å². The predicted octanol–water partition coefficient (Wildman–Crippen LogP) is 1.81. The molecule has 5 N–H and O–H groups in total. The van der Waals surface area contributed by atoms with Crippen LogP contribution in [0.4, 0.5) is 10.7 Å². The molecular weight excluding hydrogens is 288 g/mol. The number of rotatable bonds is 8. The van der Waals surface area contributed by atoms with Gasteiger partial charge in [-0.05, 0) is 12.8 Å². The van der Waals surface area contributed by atoms with Crippen LogP contribution < -0.4 is 21.7 Å². The maximum absolute atomic E-state index is 12.1. The highest BCUT2D eigenvalue weighted by Gasteiger charge is 2.25. The molecule has 0 bridgehead atoms. The van der Waals surface area contributed by atoms with Gasteiger partial charge in [0, 0.05) is 20.1 Å². The Kier molecular flexibility index (Phi) is 6.48. The summed E-state index contributed by atoms with van der Waals surface area (Å²) in [7, 11) is 1.88. The Labute approximate surface area is 129 Å². The normalized spacial score (nSPS) is 10.4. The molecule has 7 heteroatoms. The van der Waals surface area contributed by atoms with E-state index in [1.807, 2.05) is 18.9 Å². The molecule has 0 radical (unpaired) electrons. The van der Waals surface area contributed by atoms with E-state index < -0.39 is 5.91 Å². The number of hydrogen-bond acceptors (Lipinski definition) is 5. The largest absolute Gasteiger partial charge is 0.397 e. The molecule has 0 aliphatic heterocycles. The van der Waals surface area contributed by atoms with E-state index in [2.05, 4.69) is 12.2 Å². The van der Waals surface area contributed by atoms with Crippen molar-refractivity contribution in [1.29, 1.82) is 0 Å². The van der Waals surface area contributed by atoms with Gasteiger partial charge in [0.25, 0.3) is 11.8 Å². The second kappa shape index (κ2) is 7.87. The summed E-state index contributed by atoms with van der Waals surface area (Å²) >= 11 is 1.22. The molecule has 0 aliphatic carbocycles. The Morgan fingerprint density at radius 2 is 1.95 bits per heavy atom. The summed E-state index contributed by atoms with van der Waals surface area (Å²) in [6, 6.07) is 0. The average molecular weight is 312 g/mol. The van der Waals surface area contributed by atoms with Crippen LogP contribution in [0, 0.1) is 0 Å². The second-order valence-electron chi connectivity index (χ2n) is 4.92. The van der Waals surface area contributed by atoms with Crippen LogP contribution in [0.3, 0.4) is 0 Å². The van der Waals surface area contributed by atoms with Gasteiger partial charge in [-0.3, -0.25) is 9.59 Å². The highest BCUT2D eigenvalue weighted by atomic mass is 32.1. The third kappa shape index (κ3) is 4.10. The van der Waals surface area contributed by atoms with Gasteiger partial charge in [-0.2, -0.15) is 0 Å². The maximum atomic E-state index is 12.1. The van der Waals surface area contributed by atoms with Crippen LogP contribution in [0.5, 0.6) is 0 Å². The Morgan fingerprint density at radius 1 is 1.29 bits per heavy atom. The van der Waals surface area contributed by atoms with Crippen LogP contribution in [0.2, 0.25) is 0 Å². The SMILES string of the molecule is CCCCN(C)c1sc(C(=O)NCCC)c(N)c1C(N)=O. The molecule has 118 valence electrons. The number of nitrogens with one attached hydrogen (secondary N) is 1. The summed E-state index contributed by atoms with van der Waals surface area (Å²) in [6.07, 6.45) is 2.87. The van der Waals surface area contributed by atoms with Crippen LogP contribution in [0.25, 0.3) is 0 Å². The van der Waals surface area contributed by atoms with Crippen LogP contribution in [-0.2, 0) is 0 Å². The van der Waals surface area contributed by atoms with E-state index >= 15 is 0 Å². The lowest BCUT2D eigenvalue weighted by atomic mass is 10.2. The number of primary amides is 1. The van der Waals surface area contributed by atoms with Crippen molar-refractivity contribution in [3.63, 3.8) is 0 Å². The van der Waals surface area contributed by atoms with Crippen LogP contribution in [0.15, 0.2) is 0 Å². The summed E-state index contributed by atoms with van der Waals surface area (Å²) in [4.78, 5) is 26.0. The van der Waals surface area contributed by atoms with Crippen LogP contribution >= 0.6 is 11.3 Å². The Morgan fingerprint density at radius 3 is 2.48 bits per heavy atom. The molecule has 1 heterocycles. The lowest BCUT2D eigenvalue weighted by molar-refractivity contribution is 0.0958. The molecule has 1 aromatic heterocycles. The van der Waals surface area contributed by atoms with Gasteiger partial charge in [-0.25, -0.2) is 0 Å². The highest BCUT2D eigenvalue weighted by Crippen LogP contribution is 2.37. The van der Waals surface area contributed by atoms with Crippen molar-refractivity contribution in [2.75, 3.05) is 30.8 Å². The number of unbranched alkanes of at least 4 members (excludes halogenated alkanes) is 1. The predicted molar refractivity (Wildman–Crippen MR) is 88.1 cm³/mol. The monoisotopic (exact) mass is 312 g/mol. The zero-order valence-corrected chi connectivity index (χ0v) is 13.7. The molecule has 0 saturated heterocycles. The number of thiophene rings is 1. The smallest absolute Gasteiger partial charge is 0.263 e. The second-order valence-corrected chi connectivity index (χ2v) is 5.92. The van der Waals surface area contributed by atoms with Gasteiger partial charge >= 0.3 is 0 Å². The first-order valence-electron chi connectivity index (χ1n) is 7.15. The molecule has 21 heavy (non-hydrogen) atoms. The first-order chi connectivity index (χ1) is 9.93. The summed E-state index contributed by atoms with van der Waals surface area (Å²) in [6.45, 7) is 5.42. The lowest BCUT2D eigenvalue weighted by Crippen LogP contribution is -2.24. The summed E-state index contributed by atoms with van der Waals surface area (Å²) in [5.74, 6) is -0.853. The molecule has 0 aliphatic rings. The van der Waals surface area contributed by atoms with E-state index in [0.29, 0.717) is 16.4 Å². The molecule has 2 amide bonds. The quantitative estimate of drug-likeness (QED) is 0.681. The lowest BCUT2D eigenvalue weighted by Gasteiger charge is -2.17. The van der Waals surface area contributed by atoms with Crippen molar-refractivity contribution in [3.05, 3.63) is 10.4 Å². The molecule has 0 atom stereocenters. The Balaban J connectivity index is 3.13. The summed E-state index contributed by atoms with van der Waals surface area (Å²) < 4.78 is 0. The van der Waals surface area contributed by atoms with Crippen LogP contribution in [0.1, 0.15) is 53.1 Å². The van der Waals surface area contributed by atoms with Crippen molar-refractivity contribution in [3.8, 4) is 0 Å². The Hall–Kier alpha value is -1.76. The maximum Gasteiger partial charge on any atom is 0.263 e. The van der Waals surface area contributed by atoms with Gasteiger partial charge in [0.05, 0.1) is 11.3 Å². The van der Waals surface area contributed by atoms with Gasteiger partial charge < -0.3 is 21.7 Å². The molecule has 1 aromatic rings. The number of hydrogen-bond donors (Lipinski definition) is 3. The van der Waals surface area contributed by atoms with E-state index in [1.54, 1.807) is 0 Å². The molecule has 0 fully saturated rings. The average Bonchev–Trinajstić information content (AvgIpc) is 2.79. The molecule has 0 spiro atoms. The molecular formula is C14H24N4O2S. The number of anilines is 2. The minimum absolute atomic E-state index is 0.180. The first kappa shape index (κ1) is 17.3. The van der Waals surface area contributed by atoms with E-state index in [1.165, 1.54) is 11.3 Å². The van der Waals surface area contributed by atoms with E-state index in [0.717, 1.165) is 25.8 Å². The van der Waals surface area contributed by atoms with Crippen LogP contribution in [-0.4, -0.2) is 32.0 Å². The fraction of sp³-hybridized carbons (Fsp3) is 0.571. The Bertz CT molecular complexity index is 513. The number of carbonyl (C=O) groups excluding carboxylic acids is 2. The number of amides is 2. The number of nitrogen functional groups attached to an aromatic ring is 1. The van der Waals surface area contributed by atoms with Gasteiger partial charge in [0.1, 0.15) is 9.88 Å². The van der Waals surface area contributed by atoms with E-state index in [9.17, 15) is 9.59 Å². The van der Waals surface area contributed by atoms with Crippen molar-refractivity contribution >= 4 is 33.8 Å². The third-order valence-corrected chi connectivity index (χ3v) is 4.43. The molecule has 0 saturated carbocycles. The van der Waals surface area contributed by atoms with Gasteiger partial charge in [-0.1, -0.05) is 20.3 Å². The molecule has 0 unspecified atom stereocenters. The molecule has 1 rings (SSSR count). The molecule has 6 nitrogen and oxygen atoms in total. The van der Waals surface area contributed by atoms with Crippen molar-refractivity contribution < 1.29 is 9.59 Å². The zero-order valence-electron chi connectivity index (χ0n) is 12.9. The fourth-order valence-electron chi connectivity index (χ4n) is 1.92. The van der Waals surface area contributed by atoms with Crippen molar-refractivity contribution in [2.45, 2.75) is 33.1 Å². The van der Waals surface area contributed by atoms with Gasteiger partial charge in [-0.15, -0.1) is 11.3 Å². The number of nitrogens with zero attached hydrogens (tertiary/aromatic N) is 1. The standard InChI is InChI=1S/C14H24N4O2S/c1-4-6-8-18(3)14-9(12(16)19)10(15)11(21-14)13(20)17-7-5-2/h4-8,15H2,1-3H3,(H2,16,19)(H,17,20). The summed E-state index contributed by atoms with van der Waals surface area (Å²) in [5, 5.41) is 3.43. The number of carbonyl (C=O) groups is 2. The molecule has 0 aromatic carbocycles. The van der Waals surface area contributed by atoms with Crippen molar-refractivity contribution in [1.82, 2.24) is 5.32 Å². The summed E-state index contributed by atoms with van der Waals surface area (Å²) in [5.41, 5.74) is 11.8. The zero-order chi connectivity index (χ0) is 16.0.